The Morgan fingerprint density at radius 2 is 1.79 bits per heavy atom. The topological polar surface area (TPSA) is 59.3 Å². The van der Waals surface area contributed by atoms with Gasteiger partial charge in [-0.3, -0.25) is 4.79 Å². The number of hydrogen-bond donors (Lipinski definition) is 1. The summed E-state index contributed by atoms with van der Waals surface area (Å²) in [6.07, 6.45) is 0. The molecule has 0 saturated heterocycles. The Morgan fingerprint density at radius 3 is 2.14 bits per heavy atom. The summed E-state index contributed by atoms with van der Waals surface area (Å²) in [5.41, 5.74) is 0.575. The number of carbonyl (C=O) groups excluding carboxylic acids is 1. The smallest absolute Gasteiger partial charge is 0.352 e. The molecule has 0 bridgehead atoms. The number of hydrogen-bond acceptors (Lipinski definition) is 2. The number of Topliss-reactive ketones (excluding diaryl/α,β-unsaturated/α-hetero) is 1. The number of rotatable bonds is 3. The molecule has 0 aliphatic heterocycles. The Balaban J connectivity index is 3.13. The molecule has 76 valence electrons. The molecule has 0 radical (unpaired) electrons. The summed E-state index contributed by atoms with van der Waals surface area (Å²) in [6, 6.07) is 2.99. The minimum Gasteiger partial charge on any atom is -0.477 e. The van der Waals surface area contributed by atoms with Crippen molar-refractivity contribution >= 4 is 11.8 Å². The molecule has 0 unspecified atom stereocenters. The van der Waals surface area contributed by atoms with E-state index in [2.05, 4.69) is 0 Å². The van der Waals surface area contributed by atoms with Gasteiger partial charge in [0.05, 0.1) is 5.69 Å². The summed E-state index contributed by atoms with van der Waals surface area (Å²) in [6.45, 7) is 3.57. The van der Waals surface area contributed by atoms with Crippen LogP contribution in [0.25, 0.3) is 0 Å². The average Bonchev–Trinajstić information content (AvgIpc) is 2.45. The van der Waals surface area contributed by atoms with Crippen molar-refractivity contribution in [1.82, 2.24) is 4.57 Å². The maximum absolute atomic E-state index is 11.6. The summed E-state index contributed by atoms with van der Waals surface area (Å²) in [5, 5.41) is 8.77. The van der Waals surface area contributed by atoms with Crippen LogP contribution in [0.3, 0.4) is 0 Å². The van der Waals surface area contributed by atoms with Crippen LogP contribution in [0.15, 0.2) is 12.1 Å². The molecular formula is C10H13NO3. The molecule has 1 N–H and O–H groups in total. The fraction of sp³-hybridized carbons (Fsp3) is 0.400. The third-order valence-electron chi connectivity index (χ3n) is 2.12. The second-order valence-corrected chi connectivity index (χ2v) is 3.49. The van der Waals surface area contributed by atoms with Gasteiger partial charge in [0.15, 0.2) is 5.78 Å². The highest BCUT2D eigenvalue weighted by Gasteiger charge is 2.17. The van der Waals surface area contributed by atoms with E-state index in [1.165, 1.54) is 10.6 Å². The first-order valence-corrected chi connectivity index (χ1v) is 4.38. The summed E-state index contributed by atoms with van der Waals surface area (Å²) in [7, 11) is 1.58. The Hall–Kier alpha value is -1.58. The van der Waals surface area contributed by atoms with E-state index in [9.17, 15) is 9.59 Å². The summed E-state index contributed by atoms with van der Waals surface area (Å²) < 4.78 is 1.41. The standard InChI is InChI=1S/C10H13NO3/c1-6(2)9(12)7-4-5-8(10(13)14)11(7)3/h4-6H,1-3H3,(H,13,14). The van der Waals surface area contributed by atoms with Crippen LogP contribution in [0.4, 0.5) is 0 Å². The largest absolute Gasteiger partial charge is 0.477 e. The molecule has 1 aromatic rings. The highest BCUT2D eigenvalue weighted by molar-refractivity contribution is 5.98. The molecule has 0 atom stereocenters. The first-order valence-electron chi connectivity index (χ1n) is 4.38. The lowest BCUT2D eigenvalue weighted by molar-refractivity contribution is 0.0686. The van der Waals surface area contributed by atoms with E-state index in [1.54, 1.807) is 27.0 Å². The first kappa shape index (κ1) is 10.5. The molecular weight excluding hydrogens is 182 g/mol. The number of carboxylic acids is 1. The van der Waals surface area contributed by atoms with Crippen LogP contribution in [-0.4, -0.2) is 21.4 Å². The summed E-state index contributed by atoms with van der Waals surface area (Å²) in [4.78, 5) is 22.3. The average molecular weight is 195 g/mol. The molecule has 0 fully saturated rings. The Morgan fingerprint density at radius 1 is 1.29 bits per heavy atom. The normalized spacial score (nSPS) is 10.6. The van der Waals surface area contributed by atoms with Crippen molar-refractivity contribution in [2.75, 3.05) is 0 Å². The molecule has 1 aromatic heterocycles. The fourth-order valence-electron chi connectivity index (χ4n) is 1.27. The van der Waals surface area contributed by atoms with Gasteiger partial charge in [-0.2, -0.15) is 0 Å². The first-order chi connectivity index (χ1) is 6.45. The van der Waals surface area contributed by atoms with Crippen molar-refractivity contribution in [3.8, 4) is 0 Å². The van der Waals surface area contributed by atoms with Crippen molar-refractivity contribution in [1.29, 1.82) is 0 Å². The van der Waals surface area contributed by atoms with Gasteiger partial charge in [-0.15, -0.1) is 0 Å². The van der Waals surface area contributed by atoms with Gasteiger partial charge in [-0.25, -0.2) is 4.79 Å². The van der Waals surface area contributed by atoms with Gasteiger partial charge in [0.2, 0.25) is 0 Å². The maximum Gasteiger partial charge on any atom is 0.352 e. The van der Waals surface area contributed by atoms with E-state index < -0.39 is 5.97 Å². The summed E-state index contributed by atoms with van der Waals surface area (Å²) in [5.74, 6) is -1.18. The molecule has 0 amide bonds. The number of aromatic carboxylic acids is 1. The number of ketones is 1. The number of nitrogens with zero attached hydrogens (tertiary/aromatic N) is 1. The van der Waals surface area contributed by atoms with Crippen LogP contribution in [0.2, 0.25) is 0 Å². The van der Waals surface area contributed by atoms with Gasteiger partial charge in [0.25, 0.3) is 0 Å². The van der Waals surface area contributed by atoms with Crippen molar-refractivity contribution in [2.24, 2.45) is 13.0 Å². The van der Waals surface area contributed by atoms with Crippen LogP contribution in [-0.2, 0) is 7.05 Å². The highest BCUT2D eigenvalue weighted by Crippen LogP contribution is 2.12. The van der Waals surface area contributed by atoms with Crippen molar-refractivity contribution in [3.05, 3.63) is 23.5 Å². The zero-order chi connectivity index (χ0) is 10.9. The summed E-state index contributed by atoms with van der Waals surface area (Å²) >= 11 is 0. The van der Waals surface area contributed by atoms with E-state index in [4.69, 9.17) is 5.11 Å². The highest BCUT2D eigenvalue weighted by atomic mass is 16.4. The van der Waals surface area contributed by atoms with E-state index in [1.807, 2.05) is 0 Å². The Kier molecular flexibility index (Phi) is 2.74. The predicted octanol–water partition coefficient (Wildman–Crippen LogP) is 1.56. The molecule has 4 nitrogen and oxygen atoms in total. The van der Waals surface area contributed by atoms with Gasteiger partial charge >= 0.3 is 5.97 Å². The lowest BCUT2D eigenvalue weighted by Gasteiger charge is -2.06. The molecule has 0 aliphatic rings. The molecule has 1 rings (SSSR count). The quantitative estimate of drug-likeness (QED) is 0.744. The molecule has 0 aromatic carbocycles. The van der Waals surface area contributed by atoms with Gasteiger partial charge in [-0.05, 0) is 12.1 Å². The Labute approximate surface area is 82.2 Å². The van der Waals surface area contributed by atoms with E-state index in [-0.39, 0.29) is 17.4 Å². The molecule has 0 aliphatic carbocycles. The zero-order valence-corrected chi connectivity index (χ0v) is 8.44. The van der Waals surface area contributed by atoms with Crippen molar-refractivity contribution < 1.29 is 14.7 Å². The van der Waals surface area contributed by atoms with E-state index >= 15 is 0 Å². The van der Waals surface area contributed by atoms with Crippen LogP contribution in [0.1, 0.15) is 34.8 Å². The molecule has 1 heterocycles. The third-order valence-corrected chi connectivity index (χ3v) is 2.12. The second-order valence-electron chi connectivity index (χ2n) is 3.49. The zero-order valence-electron chi connectivity index (χ0n) is 8.44. The SMILES string of the molecule is CC(C)C(=O)c1ccc(C(=O)O)n1C. The maximum atomic E-state index is 11.6. The number of carbonyl (C=O) groups is 2. The third kappa shape index (κ3) is 1.69. The predicted molar refractivity (Wildman–Crippen MR) is 51.5 cm³/mol. The minimum absolute atomic E-state index is 0.0417. The van der Waals surface area contributed by atoms with Gasteiger partial charge in [0, 0.05) is 13.0 Å². The van der Waals surface area contributed by atoms with E-state index in [0.29, 0.717) is 5.69 Å². The lowest BCUT2D eigenvalue weighted by atomic mass is 10.1. The van der Waals surface area contributed by atoms with Crippen LogP contribution in [0.5, 0.6) is 0 Å². The van der Waals surface area contributed by atoms with Crippen LogP contribution in [0, 0.1) is 5.92 Å². The number of aromatic nitrogens is 1. The van der Waals surface area contributed by atoms with Gasteiger partial charge in [-0.1, -0.05) is 13.8 Å². The minimum atomic E-state index is -1.02. The monoisotopic (exact) mass is 195 g/mol. The van der Waals surface area contributed by atoms with Crippen LogP contribution < -0.4 is 0 Å². The van der Waals surface area contributed by atoms with Crippen LogP contribution >= 0.6 is 0 Å². The second kappa shape index (κ2) is 3.65. The molecule has 4 heteroatoms. The molecule has 0 spiro atoms. The Bertz CT molecular complexity index is 377. The van der Waals surface area contributed by atoms with Crippen molar-refractivity contribution in [2.45, 2.75) is 13.8 Å². The van der Waals surface area contributed by atoms with E-state index in [0.717, 1.165) is 0 Å². The van der Waals surface area contributed by atoms with Gasteiger partial charge < -0.3 is 9.67 Å². The number of carboxylic acid groups (broad SMARTS) is 1. The van der Waals surface area contributed by atoms with Gasteiger partial charge in [0.1, 0.15) is 5.69 Å². The molecule has 14 heavy (non-hydrogen) atoms. The fourth-order valence-corrected chi connectivity index (χ4v) is 1.27. The lowest BCUT2D eigenvalue weighted by Crippen LogP contribution is -2.14. The molecule has 0 saturated carbocycles. The van der Waals surface area contributed by atoms with Crippen molar-refractivity contribution in [3.63, 3.8) is 0 Å².